The van der Waals surface area contributed by atoms with Crippen LogP contribution in [0.5, 0.6) is 11.5 Å². The number of ether oxygens (including phenoxy) is 2. The molecule has 7 heteroatoms. The summed E-state index contributed by atoms with van der Waals surface area (Å²) >= 11 is 0. The lowest BCUT2D eigenvalue weighted by Crippen LogP contribution is -2.29. The molecule has 1 N–H and O–H groups in total. The third kappa shape index (κ3) is 4.41. The molecule has 0 bridgehead atoms. The molecule has 0 radical (unpaired) electrons. The maximum atomic E-state index is 9.74. The van der Waals surface area contributed by atoms with E-state index in [4.69, 9.17) is 13.9 Å². The summed E-state index contributed by atoms with van der Waals surface area (Å²) < 4.78 is 17.4. The predicted molar refractivity (Wildman–Crippen MR) is 133 cm³/mol. The smallest absolute Gasteiger partial charge is 0.163 e. The number of pyridine rings is 1. The molecule has 0 saturated carbocycles. The van der Waals surface area contributed by atoms with Crippen molar-refractivity contribution in [3.8, 4) is 17.6 Å². The molecule has 34 heavy (non-hydrogen) atoms. The fourth-order valence-electron chi connectivity index (χ4n) is 4.28. The molecule has 2 aromatic carbocycles. The summed E-state index contributed by atoms with van der Waals surface area (Å²) in [6, 6.07) is 13.7. The van der Waals surface area contributed by atoms with Gasteiger partial charge < -0.3 is 19.2 Å². The van der Waals surface area contributed by atoms with Gasteiger partial charge in [-0.1, -0.05) is 24.3 Å². The predicted octanol–water partition coefficient (Wildman–Crippen LogP) is 5.64. The Bertz CT molecular complexity index is 1390. The fraction of sp³-hybridized carbons (Fsp3) is 0.259. The molecule has 7 nitrogen and oxygen atoms in total. The molecule has 3 heterocycles. The van der Waals surface area contributed by atoms with E-state index >= 15 is 0 Å². The van der Waals surface area contributed by atoms with Crippen LogP contribution in [0.15, 0.2) is 65.4 Å². The van der Waals surface area contributed by atoms with Crippen molar-refractivity contribution in [3.05, 3.63) is 66.6 Å². The number of nitrogens with one attached hydrogen (secondary N) is 1. The van der Waals surface area contributed by atoms with Gasteiger partial charge in [0.25, 0.3) is 0 Å². The van der Waals surface area contributed by atoms with Crippen molar-refractivity contribution in [2.24, 2.45) is 0 Å². The van der Waals surface area contributed by atoms with E-state index in [1.807, 2.05) is 36.4 Å². The van der Waals surface area contributed by atoms with Crippen LogP contribution in [0.2, 0.25) is 0 Å². The molecule has 0 fully saturated rings. The molecule has 1 aliphatic rings. The molecule has 0 aliphatic carbocycles. The Morgan fingerprint density at radius 1 is 1.21 bits per heavy atom. The van der Waals surface area contributed by atoms with E-state index in [1.54, 1.807) is 19.6 Å². The third-order valence-corrected chi connectivity index (χ3v) is 6.03. The average Bonchev–Trinajstić information content (AvgIpc) is 3.37. The highest BCUT2D eigenvalue weighted by atomic mass is 16.5. The van der Waals surface area contributed by atoms with Crippen molar-refractivity contribution in [1.29, 1.82) is 5.26 Å². The van der Waals surface area contributed by atoms with E-state index in [-0.39, 0.29) is 0 Å². The molecule has 0 saturated heterocycles. The van der Waals surface area contributed by atoms with Gasteiger partial charge in [-0.25, -0.2) is 0 Å². The van der Waals surface area contributed by atoms with Gasteiger partial charge in [-0.15, -0.1) is 0 Å². The molecule has 4 aromatic rings. The second kappa shape index (κ2) is 9.86. The third-order valence-electron chi connectivity index (χ3n) is 6.03. The van der Waals surface area contributed by atoms with Crippen molar-refractivity contribution >= 4 is 33.2 Å². The summed E-state index contributed by atoms with van der Waals surface area (Å²) in [5.74, 6) is 1.24. The number of methoxy groups -OCH3 is 1. The molecule has 2 aromatic heterocycles. The monoisotopic (exact) mass is 454 g/mol. The van der Waals surface area contributed by atoms with Gasteiger partial charge in [0.15, 0.2) is 17.1 Å². The van der Waals surface area contributed by atoms with Crippen LogP contribution in [0, 0.1) is 11.3 Å². The van der Waals surface area contributed by atoms with E-state index in [0.29, 0.717) is 34.9 Å². The quantitative estimate of drug-likeness (QED) is 0.273. The van der Waals surface area contributed by atoms with Gasteiger partial charge in [0.1, 0.15) is 6.07 Å². The normalized spacial score (nSPS) is 13.8. The van der Waals surface area contributed by atoms with Crippen LogP contribution in [-0.2, 0) is 0 Å². The minimum Gasteiger partial charge on any atom is -0.493 e. The number of benzene rings is 2. The summed E-state index contributed by atoms with van der Waals surface area (Å²) in [4.78, 5) is 6.93. The first-order valence-electron chi connectivity index (χ1n) is 11.4. The number of hydrogen-bond acceptors (Lipinski definition) is 7. The number of nitrogens with zero attached hydrogens (tertiary/aromatic N) is 3. The van der Waals surface area contributed by atoms with Crippen molar-refractivity contribution < 1.29 is 13.9 Å². The molecular formula is C27H26N4O3. The zero-order valence-corrected chi connectivity index (χ0v) is 19.1. The van der Waals surface area contributed by atoms with Crippen LogP contribution in [-0.4, -0.2) is 43.2 Å². The number of fused-ring (bicyclic) bond motifs is 2. The van der Waals surface area contributed by atoms with E-state index in [0.717, 1.165) is 54.5 Å². The van der Waals surface area contributed by atoms with Gasteiger partial charge in [0.2, 0.25) is 0 Å². The fourth-order valence-corrected chi connectivity index (χ4v) is 4.28. The number of anilines is 2. The second-order valence-electron chi connectivity index (χ2n) is 8.21. The van der Waals surface area contributed by atoms with Gasteiger partial charge in [-0.3, -0.25) is 9.88 Å². The number of hydrogen-bond donors (Lipinski definition) is 1. The molecule has 5 rings (SSSR count). The molecule has 172 valence electrons. The lowest BCUT2D eigenvalue weighted by Gasteiger charge is -2.22. The van der Waals surface area contributed by atoms with Crippen molar-refractivity contribution in [2.75, 3.05) is 38.7 Å². The van der Waals surface area contributed by atoms with E-state index < -0.39 is 0 Å². The minimum absolute atomic E-state index is 0.433. The highest BCUT2D eigenvalue weighted by molar-refractivity contribution is 6.00. The maximum Gasteiger partial charge on any atom is 0.163 e. The van der Waals surface area contributed by atoms with Gasteiger partial charge >= 0.3 is 0 Å². The Labute approximate surface area is 198 Å². The van der Waals surface area contributed by atoms with Gasteiger partial charge in [0, 0.05) is 42.7 Å². The van der Waals surface area contributed by atoms with Crippen LogP contribution < -0.4 is 14.8 Å². The Balaban J connectivity index is 1.42. The summed E-state index contributed by atoms with van der Waals surface area (Å²) in [7, 11) is 1.62. The van der Waals surface area contributed by atoms with Gasteiger partial charge in [-0.05, 0) is 31.0 Å². The molecular weight excluding hydrogens is 428 g/mol. The summed E-state index contributed by atoms with van der Waals surface area (Å²) in [6.45, 7) is 3.69. The summed E-state index contributed by atoms with van der Waals surface area (Å²) in [6.07, 6.45) is 9.72. The molecule has 0 amide bonds. The van der Waals surface area contributed by atoms with Crippen molar-refractivity contribution in [2.45, 2.75) is 12.8 Å². The first kappa shape index (κ1) is 21.8. The van der Waals surface area contributed by atoms with Crippen LogP contribution in [0.4, 0.5) is 11.4 Å². The summed E-state index contributed by atoms with van der Waals surface area (Å²) in [5, 5.41) is 14.9. The van der Waals surface area contributed by atoms with E-state index in [9.17, 15) is 5.26 Å². The van der Waals surface area contributed by atoms with Crippen LogP contribution in [0.25, 0.3) is 21.9 Å². The van der Waals surface area contributed by atoms with E-state index in [2.05, 4.69) is 33.4 Å². The first-order valence-corrected chi connectivity index (χ1v) is 11.4. The number of para-hydroxylation sites is 1. The molecule has 1 aliphatic heterocycles. The minimum atomic E-state index is 0.433. The Morgan fingerprint density at radius 2 is 2.15 bits per heavy atom. The zero-order valence-electron chi connectivity index (χ0n) is 19.1. The number of furan rings is 1. The van der Waals surface area contributed by atoms with Crippen LogP contribution >= 0.6 is 0 Å². The second-order valence-corrected chi connectivity index (χ2v) is 8.21. The standard InChI is InChI=1S/C27H26N4O3/c1-32-24-15-21-23(16-25(24)33-13-6-12-31-10-3-2-4-11-31)29-18-20(17-28)26(21)30-22-8-5-7-19-9-14-34-27(19)22/h2-3,5,7-9,14-16,18H,4,6,10-13H2,1H3,(H,29,30). The maximum absolute atomic E-state index is 9.74. The van der Waals surface area contributed by atoms with Crippen LogP contribution in [0.1, 0.15) is 18.4 Å². The summed E-state index contributed by atoms with van der Waals surface area (Å²) in [5.41, 5.74) is 3.30. The highest BCUT2D eigenvalue weighted by Crippen LogP contribution is 2.38. The SMILES string of the molecule is COc1cc2c(Nc3cccc4ccoc34)c(C#N)cnc2cc1OCCCN1CC=CCC1. The number of nitriles is 1. The van der Waals surface area contributed by atoms with Crippen LogP contribution in [0.3, 0.4) is 0 Å². The number of rotatable bonds is 8. The topological polar surface area (TPSA) is 83.5 Å². The zero-order chi connectivity index (χ0) is 23.3. The molecule has 0 spiro atoms. The Hall–Kier alpha value is -4.02. The largest absolute Gasteiger partial charge is 0.493 e. The molecule has 0 unspecified atom stereocenters. The molecule has 0 atom stereocenters. The Kier molecular flexibility index (Phi) is 6.32. The van der Waals surface area contributed by atoms with E-state index in [1.165, 1.54) is 0 Å². The Morgan fingerprint density at radius 3 is 2.97 bits per heavy atom. The lowest BCUT2D eigenvalue weighted by atomic mass is 10.1. The van der Waals surface area contributed by atoms with Crippen molar-refractivity contribution in [3.63, 3.8) is 0 Å². The lowest BCUT2D eigenvalue weighted by molar-refractivity contribution is 0.241. The first-order chi connectivity index (χ1) is 16.8. The highest BCUT2D eigenvalue weighted by Gasteiger charge is 2.16. The van der Waals surface area contributed by atoms with Gasteiger partial charge in [-0.2, -0.15) is 5.26 Å². The number of aromatic nitrogens is 1. The van der Waals surface area contributed by atoms with Gasteiger partial charge in [0.05, 0.1) is 42.4 Å². The van der Waals surface area contributed by atoms with Crippen molar-refractivity contribution in [1.82, 2.24) is 9.88 Å². The average molecular weight is 455 g/mol.